The van der Waals surface area contributed by atoms with Gasteiger partial charge in [0, 0.05) is 5.75 Å². The van der Waals surface area contributed by atoms with Crippen LogP contribution in [0.1, 0.15) is 23.6 Å². The first-order valence-corrected chi connectivity index (χ1v) is 8.36. The normalized spacial score (nSPS) is 11.7. The lowest BCUT2D eigenvalue weighted by molar-refractivity contribution is 0.275. The second-order valence-electron chi connectivity index (χ2n) is 3.58. The van der Waals surface area contributed by atoms with Crippen molar-refractivity contribution >= 4 is 19.7 Å². The van der Waals surface area contributed by atoms with Gasteiger partial charge in [-0.1, -0.05) is 25.1 Å². The zero-order valence-corrected chi connectivity index (χ0v) is 11.2. The highest BCUT2D eigenvalue weighted by Gasteiger charge is 2.09. The molecule has 0 saturated heterocycles. The molecule has 0 aliphatic heterocycles. The molecule has 0 atom stereocenters. The quantitative estimate of drug-likeness (QED) is 0.765. The van der Waals surface area contributed by atoms with Crippen molar-refractivity contribution in [3.05, 3.63) is 34.9 Å². The molecule has 96 valence electrons. The summed E-state index contributed by atoms with van der Waals surface area (Å²) in [6.07, 6.45) is 0. The third-order valence-corrected chi connectivity index (χ3v) is 5.89. The van der Waals surface area contributed by atoms with Gasteiger partial charge in [0.05, 0.1) is 19.0 Å². The first-order chi connectivity index (χ1) is 8.00. The van der Waals surface area contributed by atoms with E-state index in [1.807, 2.05) is 0 Å². The zero-order valence-electron chi connectivity index (χ0n) is 9.59. The van der Waals surface area contributed by atoms with Crippen LogP contribution in [0.4, 0.5) is 0 Å². The van der Waals surface area contributed by atoms with E-state index >= 15 is 0 Å². The second-order valence-corrected chi connectivity index (χ2v) is 8.03. The van der Waals surface area contributed by atoms with Crippen LogP contribution in [-0.4, -0.2) is 24.4 Å². The van der Waals surface area contributed by atoms with Gasteiger partial charge >= 0.3 is 0 Å². The van der Waals surface area contributed by atoms with Crippen LogP contribution in [0, 0.1) is 0 Å². The lowest BCUT2D eigenvalue weighted by atomic mass is 10.1. The van der Waals surface area contributed by atoms with Gasteiger partial charge in [0.25, 0.3) is 0 Å². The summed E-state index contributed by atoms with van der Waals surface area (Å²) < 4.78 is 22.7. The molecule has 0 heterocycles. The van der Waals surface area contributed by atoms with E-state index in [4.69, 9.17) is 10.2 Å². The first kappa shape index (κ1) is 14.5. The summed E-state index contributed by atoms with van der Waals surface area (Å²) in [4.78, 5) is 0. The van der Waals surface area contributed by atoms with E-state index in [0.29, 0.717) is 16.9 Å². The molecule has 2 N–H and O–H groups in total. The summed E-state index contributed by atoms with van der Waals surface area (Å²) in [6, 6.07) is 5.19. The van der Waals surface area contributed by atoms with Crippen LogP contribution in [0.3, 0.4) is 0 Å². The van der Waals surface area contributed by atoms with Gasteiger partial charge in [-0.2, -0.15) is 0 Å². The predicted octanol–water partition coefficient (Wildman–Crippen LogP) is 1.25. The SMILES string of the molecule is CCS(=O)(=O)SCc1cc(CO)cc(CO)c1. The van der Waals surface area contributed by atoms with Gasteiger partial charge in [-0.05, 0) is 27.5 Å². The van der Waals surface area contributed by atoms with Gasteiger partial charge in [0.2, 0.25) is 8.87 Å². The molecule has 17 heavy (non-hydrogen) atoms. The average molecular weight is 276 g/mol. The highest BCUT2D eigenvalue weighted by molar-refractivity contribution is 8.71. The molecule has 0 spiro atoms. The fourth-order valence-corrected chi connectivity index (χ4v) is 3.44. The summed E-state index contributed by atoms with van der Waals surface area (Å²) in [7, 11) is -2.19. The van der Waals surface area contributed by atoms with E-state index in [0.717, 1.165) is 16.4 Å². The zero-order chi connectivity index (χ0) is 12.9. The molecule has 0 unspecified atom stereocenters. The third-order valence-electron chi connectivity index (χ3n) is 2.24. The molecule has 1 aromatic carbocycles. The van der Waals surface area contributed by atoms with Crippen molar-refractivity contribution in [3.8, 4) is 0 Å². The number of benzene rings is 1. The van der Waals surface area contributed by atoms with E-state index in [1.165, 1.54) is 0 Å². The van der Waals surface area contributed by atoms with Crippen molar-refractivity contribution in [2.45, 2.75) is 25.9 Å². The van der Waals surface area contributed by atoms with Crippen LogP contribution in [0.2, 0.25) is 0 Å². The van der Waals surface area contributed by atoms with Crippen LogP contribution < -0.4 is 0 Å². The Hall–Kier alpha value is -0.560. The number of aliphatic hydroxyl groups is 2. The molecule has 6 heteroatoms. The summed E-state index contributed by atoms with van der Waals surface area (Å²) in [6.45, 7) is 1.36. The average Bonchev–Trinajstić information content (AvgIpc) is 2.36. The predicted molar refractivity (Wildman–Crippen MR) is 69.0 cm³/mol. The van der Waals surface area contributed by atoms with E-state index in [9.17, 15) is 8.42 Å². The Bertz CT molecular complexity index is 446. The fourth-order valence-electron chi connectivity index (χ4n) is 1.35. The minimum atomic E-state index is -3.07. The molecule has 0 amide bonds. The van der Waals surface area contributed by atoms with Crippen molar-refractivity contribution in [2.75, 3.05) is 5.75 Å². The third kappa shape index (κ3) is 4.67. The maximum Gasteiger partial charge on any atom is 0.201 e. The topological polar surface area (TPSA) is 74.6 Å². The van der Waals surface area contributed by atoms with Crippen molar-refractivity contribution in [2.24, 2.45) is 0 Å². The van der Waals surface area contributed by atoms with Crippen molar-refractivity contribution in [1.29, 1.82) is 0 Å². The highest BCUT2D eigenvalue weighted by Crippen LogP contribution is 2.21. The molecular formula is C11H16O4S2. The van der Waals surface area contributed by atoms with E-state index in [2.05, 4.69) is 0 Å². The van der Waals surface area contributed by atoms with Gasteiger partial charge in [0.1, 0.15) is 0 Å². The number of rotatable bonds is 6. The smallest absolute Gasteiger partial charge is 0.201 e. The van der Waals surface area contributed by atoms with Crippen molar-refractivity contribution < 1.29 is 18.6 Å². The Balaban J connectivity index is 2.84. The molecule has 0 radical (unpaired) electrons. The maximum absolute atomic E-state index is 11.3. The Morgan fingerprint density at radius 1 is 1.06 bits per heavy atom. The van der Waals surface area contributed by atoms with Gasteiger partial charge < -0.3 is 10.2 Å². The monoisotopic (exact) mass is 276 g/mol. The Kier molecular flexibility index (Phi) is 5.45. The molecule has 0 aliphatic rings. The van der Waals surface area contributed by atoms with Crippen LogP contribution in [-0.2, 0) is 27.8 Å². The van der Waals surface area contributed by atoms with Gasteiger partial charge in [-0.25, -0.2) is 8.42 Å². The largest absolute Gasteiger partial charge is 0.392 e. The summed E-state index contributed by atoms with van der Waals surface area (Å²) in [5.74, 6) is 0.432. The minimum Gasteiger partial charge on any atom is -0.392 e. The second kappa shape index (κ2) is 6.39. The Morgan fingerprint density at radius 3 is 1.94 bits per heavy atom. The highest BCUT2D eigenvalue weighted by atomic mass is 33.1. The lowest BCUT2D eigenvalue weighted by Gasteiger charge is -2.06. The fraction of sp³-hybridized carbons (Fsp3) is 0.455. The van der Waals surface area contributed by atoms with E-state index in [-0.39, 0.29) is 19.0 Å². The minimum absolute atomic E-state index is 0.101. The molecule has 4 nitrogen and oxygen atoms in total. The molecule has 0 aliphatic carbocycles. The molecule has 1 rings (SSSR count). The number of hydrogen-bond donors (Lipinski definition) is 2. The summed E-state index contributed by atoms with van der Waals surface area (Å²) >= 11 is 0. The van der Waals surface area contributed by atoms with Crippen LogP contribution in [0.5, 0.6) is 0 Å². The summed E-state index contributed by atoms with van der Waals surface area (Å²) in [5, 5.41) is 18.1. The Morgan fingerprint density at radius 2 is 1.53 bits per heavy atom. The molecule has 1 aromatic rings. The Labute approximate surface area is 105 Å². The standard InChI is InChI=1S/C11H16O4S2/c1-2-17(14,15)16-8-11-4-9(6-12)3-10(5-11)7-13/h3-5,12-13H,2,6-8H2,1H3. The molecule has 0 saturated carbocycles. The van der Waals surface area contributed by atoms with Gasteiger partial charge in [0.15, 0.2) is 0 Å². The van der Waals surface area contributed by atoms with Crippen LogP contribution in [0.25, 0.3) is 0 Å². The van der Waals surface area contributed by atoms with Gasteiger partial charge in [-0.3, -0.25) is 0 Å². The number of hydrogen-bond acceptors (Lipinski definition) is 5. The van der Waals surface area contributed by atoms with Crippen molar-refractivity contribution in [1.82, 2.24) is 0 Å². The summed E-state index contributed by atoms with van der Waals surface area (Å²) in [5.41, 5.74) is 2.16. The maximum atomic E-state index is 11.3. The van der Waals surface area contributed by atoms with Crippen molar-refractivity contribution in [3.63, 3.8) is 0 Å². The first-order valence-electron chi connectivity index (χ1n) is 5.21. The molecular weight excluding hydrogens is 260 g/mol. The van der Waals surface area contributed by atoms with Crippen LogP contribution >= 0.6 is 10.8 Å². The lowest BCUT2D eigenvalue weighted by Crippen LogP contribution is -1.98. The van der Waals surface area contributed by atoms with E-state index < -0.39 is 8.87 Å². The molecule has 0 bridgehead atoms. The molecule has 0 aromatic heterocycles. The molecule has 0 fully saturated rings. The van der Waals surface area contributed by atoms with Crippen LogP contribution in [0.15, 0.2) is 18.2 Å². The number of aliphatic hydroxyl groups excluding tert-OH is 2. The van der Waals surface area contributed by atoms with E-state index in [1.54, 1.807) is 25.1 Å². The van der Waals surface area contributed by atoms with Gasteiger partial charge in [-0.15, -0.1) is 0 Å².